The van der Waals surface area contributed by atoms with Crippen molar-refractivity contribution < 1.29 is 21.6 Å². The number of sulfonamides is 1. The fourth-order valence-corrected chi connectivity index (χ4v) is 3.14. The maximum atomic E-state index is 13.5. The van der Waals surface area contributed by atoms with Gasteiger partial charge in [0.2, 0.25) is 10.0 Å². The van der Waals surface area contributed by atoms with Gasteiger partial charge in [0.25, 0.3) is 0 Å². The fourth-order valence-electron chi connectivity index (χ4n) is 1.51. The Bertz CT molecular complexity index is 600. The van der Waals surface area contributed by atoms with Gasteiger partial charge in [-0.25, -0.2) is 21.6 Å². The molecular formula is C11H11F3N2O2S. The summed E-state index contributed by atoms with van der Waals surface area (Å²) in [6.07, 6.45) is 0. The van der Waals surface area contributed by atoms with E-state index in [1.54, 1.807) is 6.07 Å². The van der Waals surface area contributed by atoms with Gasteiger partial charge in [0.15, 0.2) is 4.90 Å². The fraction of sp³-hybridized carbons (Fsp3) is 0.364. The molecule has 0 aliphatic carbocycles. The van der Waals surface area contributed by atoms with Gasteiger partial charge in [0.1, 0.15) is 24.0 Å². The van der Waals surface area contributed by atoms with Crippen LogP contribution in [0.1, 0.15) is 13.8 Å². The van der Waals surface area contributed by atoms with Crippen LogP contribution in [-0.4, -0.2) is 25.3 Å². The molecule has 1 aromatic rings. The van der Waals surface area contributed by atoms with Gasteiger partial charge in [-0.15, -0.1) is 0 Å². The third-order valence-corrected chi connectivity index (χ3v) is 4.41. The molecule has 0 saturated carbocycles. The lowest BCUT2D eigenvalue weighted by Crippen LogP contribution is -2.38. The molecule has 0 heterocycles. The summed E-state index contributed by atoms with van der Waals surface area (Å²) < 4.78 is 64.6. The predicted octanol–water partition coefficient (Wildman–Crippen LogP) is 2.03. The smallest absolute Gasteiger partial charge is 0.207 e. The monoisotopic (exact) mass is 292 g/mol. The highest BCUT2D eigenvalue weighted by molar-refractivity contribution is 7.89. The van der Waals surface area contributed by atoms with E-state index in [1.165, 1.54) is 13.8 Å². The Morgan fingerprint density at radius 1 is 1.26 bits per heavy atom. The Morgan fingerprint density at radius 2 is 1.74 bits per heavy atom. The van der Waals surface area contributed by atoms with Crippen molar-refractivity contribution in [2.24, 2.45) is 0 Å². The minimum absolute atomic E-state index is 0.279. The molecule has 0 aromatic heterocycles. The molecule has 0 saturated heterocycles. The van der Waals surface area contributed by atoms with Gasteiger partial charge >= 0.3 is 0 Å². The van der Waals surface area contributed by atoms with Crippen molar-refractivity contribution >= 4 is 10.0 Å². The molecule has 0 atom stereocenters. The number of benzene rings is 1. The van der Waals surface area contributed by atoms with Crippen molar-refractivity contribution in [2.45, 2.75) is 24.8 Å². The third-order valence-electron chi connectivity index (χ3n) is 2.33. The molecule has 0 bridgehead atoms. The standard InChI is InChI=1S/C11H11F3N2O2S/c1-7(2)16(4-3-15)19(17,18)11-9(13)5-8(12)6-10(11)14/h5-7H,4H2,1-2H3. The summed E-state index contributed by atoms with van der Waals surface area (Å²) in [6.45, 7) is 2.35. The Balaban J connectivity index is 3.47. The first-order valence-electron chi connectivity index (χ1n) is 5.25. The molecule has 0 spiro atoms. The summed E-state index contributed by atoms with van der Waals surface area (Å²) in [6, 6.07) is 1.49. The van der Waals surface area contributed by atoms with Gasteiger partial charge in [-0.1, -0.05) is 0 Å². The first-order chi connectivity index (χ1) is 8.71. The second-order valence-corrected chi connectivity index (χ2v) is 5.83. The molecular weight excluding hydrogens is 281 g/mol. The van der Waals surface area contributed by atoms with Crippen molar-refractivity contribution in [3.05, 3.63) is 29.6 Å². The Kier molecular flexibility index (Phi) is 4.55. The van der Waals surface area contributed by atoms with Crippen LogP contribution in [0.25, 0.3) is 0 Å². The first-order valence-corrected chi connectivity index (χ1v) is 6.69. The van der Waals surface area contributed by atoms with Gasteiger partial charge in [0, 0.05) is 18.2 Å². The van der Waals surface area contributed by atoms with E-state index in [2.05, 4.69) is 0 Å². The molecule has 19 heavy (non-hydrogen) atoms. The van der Waals surface area contributed by atoms with Crippen LogP contribution in [0, 0.1) is 28.8 Å². The number of rotatable bonds is 4. The summed E-state index contributed by atoms with van der Waals surface area (Å²) in [4.78, 5) is -1.25. The maximum Gasteiger partial charge on any atom is 0.250 e. The van der Waals surface area contributed by atoms with E-state index < -0.39 is 45.0 Å². The topological polar surface area (TPSA) is 61.2 Å². The van der Waals surface area contributed by atoms with E-state index in [0.717, 1.165) is 0 Å². The summed E-state index contributed by atoms with van der Waals surface area (Å²) in [5, 5.41) is 8.57. The van der Waals surface area contributed by atoms with Crippen molar-refractivity contribution in [3.8, 4) is 6.07 Å². The second kappa shape index (κ2) is 5.59. The zero-order chi connectivity index (χ0) is 14.8. The lowest BCUT2D eigenvalue weighted by atomic mass is 10.3. The average molecular weight is 292 g/mol. The molecule has 4 nitrogen and oxygen atoms in total. The lowest BCUT2D eigenvalue weighted by Gasteiger charge is -2.23. The van der Waals surface area contributed by atoms with Crippen molar-refractivity contribution in [1.29, 1.82) is 5.26 Å². The van der Waals surface area contributed by atoms with E-state index in [-0.39, 0.29) is 12.1 Å². The first kappa shape index (κ1) is 15.5. The second-order valence-electron chi connectivity index (χ2n) is 4.00. The molecule has 0 fully saturated rings. The number of hydrogen-bond acceptors (Lipinski definition) is 3. The van der Waals surface area contributed by atoms with Crippen molar-refractivity contribution in [2.75, 3.05) is 6.54 Å². The molecule has 0 unspecified atom stereocenters. The highest BCUT2D eigenvalue weighted by Crippen LogP contribution is 2.24. The third kappa shape index (κ3) is 3.05. The number of nitriles is 1. The molecule has 104 valence electrons. The quantitative estimate of drug-likeness (QED) is 0.798. The van der Waals surface area contributed by atoms with Crippen molar-refractivity contribution in [3.63, 3.8) is 0 Å². The van der Waals surface area contributed by atoms with Crippen LogP contribution in [0.2, 0.25) is 0 Å². The van der Waals surface area contributed by atoms with E-state index in [0.29, 0.717) is 4.31 Å². The Hall–Kier alpha value is -1.59. The van der Waals surface area contributed by atoms with E-state index in [4.69, 9.17) is 5.26 Å². The molecule has 0 aliphatic heterocycles. The molecule has 0 radical (unpaired) electrons. The maximum absolute atomic E-state index is 13.5. The van der Waals surface area contributed by atoms with Gasteiger partial charge in [-0.2, -0.15) is 9.57 Å². The summed E-state index contributed by atoms with van der Waals surface area (Å²) in [7, 11) is -4.55. The summed E-state index contributed by atoms with van der Waals surface area (Å²) in [5.74, 6) is -4.27. The molecule has 0 N–H and O–H groups in total. The van der Waals surface area contributed by atoms with Crippen LogP contribution >= 0.6 is 0 Å². The number of nitrogens with zero attached hydrogens (tertiary/aromatic N) is 2. The highest BCUT2D eigenvalue weighted by atomic mass is 32.2. The zero-order valence-corrected chi connectivity index (χ0v) is 11.0. The van der Waals surface area contributed by atoms with Crippen LogP contribution in [-0.2, 0) is 10.0 Å². The summed E-state index contributed by atoms with van der Waals surface area (Å²) in [5.41, 5.74) is 0. The van der Waals surface area contributed by atoms with Crippen LogP contribution in [0.15, 0.2) is 17.0 Å². The number of hydrogen-bond donors (Lipinski definition) is 0. The van der Waals surface area contributed by atoms with Crippen LogP contribution in [0.4, 0.5) is 13.2 Å². The molecule has 8 heteroatoms. The molecule has 1 rings (SSSR count). The van der Waals surface area contributed by atoms with Crippen molar-refractivity contribution in [1.82, 2.24) is 4.31 Å². The van der Waals surface area contributed by atoms with Gasteiger partial charge < -0.3 is 0 Å². The van der Waals surface area contributed by atoms with E-state index >= 15 is 0 Å². The van der Waals surface area contributed by atoms with Crippen LogP contribution in [0.5, 0.6) is 0 Å². The predicted molar refractivity (Wildman–Crippen MR) is 61.0 cm³/mol. The Labute approximate surface area is 109 Å². The minimum Gasteiger partial charge on any atom is -0.207 e. The molecule has 0 amide bonds. The zero-order valence-electron chi connectivity index (χ0n) is 10.2. The average Bonchev–Trinajstić information content (AvgIpc) is 2.22. The Morgan fingerprint density at radius 3 is 2.11 bits per heavy atom. The van der Waals surface area contributed by atoms with Gasteiger partial charge in [-0.05, 0) is 13.8 Å². The summed E-state index contributed by atoms with van der Waals surface area (Å²) >= 11 is 0. The van der Waals surface area contributed by atoms with E-state index in [9.17, 15) is 21.6 Å². The molecule has 1 aromatic carbocycles. The highest BCUT2D eigenvalue weighted by Gasteiger charge is 2.32. The SMILES string of the molecule is CC(C)N(CC#N)S(=O)(=O)c1c(F)cc(F)cc1F. The van der Waals surface area contributed by atoms with E-state index in [1.807, 2.05) is 0 Å². The van der Waals surface area contributed by atoms with Gasteiger partial charge in [-0.3, -0.25) is 0 Å². The lowest BCUT2D eigenvalue weighted by molar-refractivity contribution is 0.378. The largest absolute Gasteiger partial charge is 0.250 e. The normalized spacial score (nSPS) is 11.9. The van der Waals surface area contributed by atoms with Crippen LogP contribution in [0.3, 0.4) is 0 Å². The number of halogens is 3. The van der Waals surface area contributed by atoms with Crippen LogP contribution < -0.4 is 0 Å². The van der Waals surface area contributed by atoms with Gasteiger partial charge in [0.05, 0.1) is 6.07 Å². The minimum atomic E-state index is -4.55. The molecule has 0 aliphatic rings.